The Balaban J connectivity index is 1.31. The molecule has 0 spiro atoms. The van der Waals surface area contributed by atoms with Gasteiger partial charge in [-0.05, 0) is 91.8 Å². The van der Waals surface area contributed by atoms with Crippen molar-refractivity contribution in [3.8, 4) is 0 Å². The van der Waals surface area contributed by atoms with Gasteiger partial charge in [-0.2, -0.15) is 0 Å². The Kier molecular flexibility index (Phi) is 9.33. The average Bonchev–Trinajstić information content (AvgIpc) is 3.20. The van der Waals surface area contributed by atoms with E-state index in [4.69, 9.17) is 4.74 Å². The number of allylic oxidation sites excluding steroid dienone is 1. The number of unbranched alkanes of at least 4 members (excludes halogenated alkanes) is 1. The molecule has 0 aliphatic heterocycles. The first-order chi connectivity index (χ1) is 17.7. The lowest BCUT2D eigenvalue weighted by atomic mass is 9.47. The van der Waals surface area contributed by atoms with Gasteiger partial charge in [0.1, 0.15) is 6.10 Å². The maximum absolute atomic E-state index is 12.3. The fourth-order valence-electron chi connectivity index (χ4n) is 8.94. The zero-order valence-corrected chi connectivity index (χ0v) is 24.4. The molecule has 7 atom stereocenters. The van der Waals surface area contributed by atoms with Gasteiger partial charge in [-0.25, -0.2) is 4.79 Å². The van der Waals surface area contributed by atoms with Crippen LogP contribution in [0.1, 0.15) is 118 Å². The summed E-state index contributed by atoms with van der Waals surface area (Å²) >= 11 is 0. The van der Waals surface area contributed by atoms with Crippen molar-refractivity contribution >= 4 is 12.0 Å². The maximum Gasteiger partial charge on any atom is 0.407 e. The first-order valence-corrected chi connectivity index (χ1v) is 15.6. The third-order valence-electron chi connectivity index (χ3n) is 11.2. The highest BCUT2D eigenvalue weighted by atomic mass is 16.6. The molecular formula is C32H54N2O3. The SMILES string of the molecule is CCC(=O)NCCNC(=O)O[C@H]1CC[C@@]2(C)C(=CCC3C4CCC(CCCCC(C)C)C4(C)CCC32)C1. The number of hydrogen-bond donors (Lipinski definition) is 2. The third kappa shape index (κ3) is 6.22. The molecule has 0 aromatic carbocycles. The number of rotatable bonds is 10. The van der Waals surface area contributed by atoms with Crippen molar-refractivity contribution in [1.29, 1.82) is 0 Å². The summed E-state index contributed by atoms with van der Waals surface area (Å²) in [5, 5.41) is 5.58. The predicted molar refractivity (Wildman–Crippen MR) is 150 cm³/mol. The van der Waals surface area contributed by atoms with Crippen LogP contribution in [0.25, 0.3) is 0 Å². The van der Waals surface area contributed by atoms with Crippen molar-refractivity contribution < 1.29 is 14.3 Å². The topological polar surface area (TPSA) is 67.4 Å². The van der Waals surface area contributed by atoms with Crippen LogP contribution in [0.15, 0.2) is 11.6 Å². The van der Waals surface area contributed by atoms with E-state index < -0.39 is 0 Å². The van der Waals surface area contributed by atoms with E-state index >= 15 is 0 Å². The molecule has 2 amide bonds. The van der Waals surface area contributed by atoms with Crippen molar-refractivity contribution in [2.45, 2.75) is 124 Å². The van der Waals surface area contributed by atoms with Gasteiger partial charge in [-0.15, -0.1) is 0 Å². The molecule has 0 heterocycles. The number of hydrogen-bond acceptors (Lipinski definition) is 3. The van der Waals surface area contributed by atoms with Crippen LogP contribution in [-0.4, -0.2) is 31.2 Å². The van der Waals surface area contributed by atoms with Gasteiger partial charge < -0.3 is 15.4 Å². The van der Waals surface area contributed by atoms with Gasteiger partial charge in [0.05, 0.1) is 0 Å². The molecule has 0 saturated heterocycles. The summed E-state index contributed by atoms with van der Waals surface area (Å²) in [4.78, 5) is 23.7. The van der Waals surface area contributed by atoms with Gasteiger partial charge in [-0.3, -0.25) is 4.79 Å². The number of carbonyl (C=O) groups excluding carboxylic acids is 2. The summed E-state index contributed by atoms with van der Waals surface area (Å²) in [6.45, 7) is 12.6. The summed E-state index contributed by atoms with van der Waals surface area (Å²) in [5.41, 5.74) is 2.38. The molecular weight excluding hydrogens is 460 g/mol. The molecule has 5 nitrogen and oxygen atoms in total. The van der Waals surface area contributed by atoms with Crippen LogP contribution < -0.4 is 10.6 Å². The van der Waals surface area contributed by atoms with Gasteiger partial charge in [0.25, 0.3) is 0 Å². The molecule has 0 radical (unpaired) electrons. The lowest BCUT2D eigenvalue weighted by Gasteiger charge is -2.58. The smallest absolute Gasteiger partial charge is 0.407 e. The summed E-state index contributed by atoms with van der Waals surface area (Å²) in [6, 6.07) is 0. The second-order valence-electron chi connectivity index (χ2n) is 13.7. The zero-order chi connectivity index (χ0) is 26.6. The van der Waals surface area contributed by atoms with Crippen LogP contribution in [0.4, 0.5) is 4.79 Å². The highest BCUT2D eigenvalue weighted by molar-refractivity contribution is 5.75. The van der Waals surface area contributed by atoms with Crippen molar-refractivity contribution in [1.82, 2.24) is 10.6 Å². The van der Waals surface area contributed by atoms with Crippen molar-refractivity contribution in [2.24, 2.45) is 40.4 Å². The van der Waals surface area contributed by atoms with E-state index in [1.165, 1.54) is 57.8 Å². The van der Waals surface area contributed by atoms with Crippen LogP contribution in [0, 0.1) is 40.4 Å². The van der Waals surface area contributed by atoms with E-state index in [9.17, 15) is 9.59 Å². The highest BCUT2D eigenvalue weighted by Gasteiger charge is 2.58. The number of alkyl carbamates (subject to hydrolysis) is 1. The van der Waals surface area contributed by atoms with E-state index in [1.54, 1.807) is 5.57 Å². The molecule has 210 valence electrons. The molecule has 5 heteroatoms. The summed E-state index contributed by atoms with van der Waals surface area (Å²) in [5.74, 6) is 4.29. The number of fused-ring (bicyclic) bond motifs is 5. The van der Waals surface area contributed by atoms with Crippen molar-refractivity contribution in [3.05, 3.63) is 11.6 Å². The van der Waals surface area contributed by atoms with Crippen molar-refractivity contribution in [2.75, 3.05) is 13.1 Å². The van der Waals surface area contributed by atoms with E-state index in [-0.39, 0.29) is 23.5 Å². The Hall–Kier alpha value is -1.52. The minimum atomic E-state index is -0.354. The van der Waals surface area contributed by atoms with Gasteiger partial charge in [0.15, 0.2) is 0 Å². The molecule has 5 unspecified atom stereocenters. The minimum absolute atomic E-state index is 0.00191. The molecule has 4 aliphatic carbocycles. The molecule has 37 heavy (non-hydrogen) atoms. The first kappa shape index (κ1) is 28.5. The Morgan fingerprint density at radius 3 is 2.57 bits per heavy atom. The Morgan fingerprint density at radius 1 is 1.03 bits per heavy atom. The van der Waals surface area contributed by atoms with Gasteiger partial charge in [0, 0.05) is 25.9 Å². The lowest BCUT2D eigenvalue weighted by Crippen LogP contribution is -2.50. The van der Waals surface area contributed by atoms with Crippen LogP contribution >= 0.6 is 0 Å². The number of carbonyl (C=O) groups is 2. The van der Waals surface area contributed by atoms with E-state index in [0.717, 1.165) is 48.9 Å². The molecule has 3 fully saturated rings. The van der Waals surface area contributed by atoms with Crippen LogP contribution in [0.3, 0.4) is 0 Å². The average molecular weight is 515 g/mol. The van der Waals surface area contributed by atoms with Gasteiger partial charge in [-0.1, -0.05) is 65.5 Å². The molecule has 0 bridgehead atoms. The fraction of sp³-hybridized carbons (Fsp3) is 0.875. The van der Waals surface area contributed by atoms with Crippen molar-refractivity contribution in [3.63, 3.8) is 0 Å². The molecule has 4 rings (SSSR count). The largest absolute Gasteiger partial charge is 0.446 e. The van der Waals surface area contributed by atoms with E-state index in [2.05, 4.69) is 44.4 Å². The zero-order valence-electron chi connectivity index (χ0n) is 24.4. The predicted octanol–water partition coefficient (Wildman–Crippen LogP) is 7.40. The minimum Gasteiger partial charge on any atom is -0.446 e. The third-order valence-corrected chi connectivity index (χ3v) is 11.2. The highest BCUT2D eigenvalue weighted by Crippen LogP contribution is 2.66. The summed E-state index contributed by atoms with van der Waals surface area (Å²) in [6.07, 6.45) is 18.2. The normalized spacial score (nSPS) is 36.7. The maximum atomic E-state index is 12.3. The lowest BCUT2D eigenvalue weighted by molar-refractivity contribution is -0.120. The fourth-order valence-corrected chi connectivity index (χ4v) is 8.94. The summed E-state index contributed by atoms with van der Waals surface area (Å²) in [7, 11) is 0. The quantitative estimate of drug-likeness (QED) is 0.236. The Labute approximate surface area is 226 Å². The van der Waals surface area contributed by atoms with E-state index in [0.29, 0.717) is 24.9 Å². The Morgan fingerprint density at radius 2 is 1.81 bits per heavy atom. The number of ether oxygens (including phenoxy) is 1. The van der Waals surface area contributed by atoms with Crippen LogP contribution in [0.2, 0.25) is 0 Å². The molecule has 4 aliphatic rings. The van der Waals surface area contributed by atoms with E-state index in [1.807, 2.05) is 6.92 Å². The first-order valence-electron chi connectivity index (χ1n) is 15.6. The Bertz CT molecular complexity index is 838. The number of amides is 2. The van der Waals surface area contributed by atoms with Crippen LogP contribution in [0.5, 0.6) is 0 Å². The monoisotopic (exact) mass is 514 g/mol. The van der Waals surface area contributed by atoms with Gasteiger partial charge >= 0.3 is 6.09 Å². The summed E-state index contributed by atoms with van der Waals surface area (Å²) < 4.78 is 5.81. The van der Waals surface area contributed by atoms with Crippen LogP contribution in [-0.2, 0) is 9.53 Å². The second-order valence-corrected chi connectivity index (χ2v) is 13.7. The van der Waals surface area contributed by atoms with Gasteiger partial charge in [0.2, 0.25) is 5.91 Å². The standard InChI is InChI=1S/C32H54N2O3/c1-6-29(35)33-19-20-34-30(36)37-25-15-17-32(5)24(21-25)11-13-26-27-14-12-23(10-8-7-9-22(2)3)31(27,4)18-16-28(26)32/h11,22-23,25-28H,6-10,12-21H2,1-5H3,(H,33,35)(H,34,36)/t23?,25-,26?,27?,28?,31?,32-/m0/s1. The molecule has 3 saturated carbocycles. The number of nitrogens with one attached hydrogen (secondary N) is 2. The second kappa shape index (κ2) is 12.1. The molecule has 2 N–H and O–H groups in total. The molecule has 0 aromatic heterocycles. The molecule has 0 aromatic rings.